The standard InChI is InChI=1S/C23H21N5O/c1-15(2)28-19(29)14-13-18(27-28)22-20(16-9-5-3-6-10-16)26-23(24)21(25-22)17-11-7-4-8-12-17/h3-15H,1-2H3,(H2,24,26). The molecule has 0 atom stereocenters. The molecule has 29 heavy (non-hydrogen) atoms. The minimum atomic E-state index is -0.156. The van der Waals surface area contributed by atoms with E-state index in [1.807, 2.05) is 74.5 Å². The molecule has 0 aliphatic carbocycles. The second kappa shape index (κ2) is 7.67. The molecule has 4 rings (SSSR count). The summed E-state index contributed by atoms with van der Waals surface area (Å²) in [5.74, 6) is 0.344. The number of hydrogen-bond donors (Lipinski definition) is 1. The topological polar surface area (TPSA) is 86.7 Å². The van der Waals surface area contributed by atoms with Gasteiger partial charge in [-0.3, -0.25) is 4.79 Å². The van der Waals surface area contributed by atoms with E-state index >= 15 is 0 Å². The largest absolute Gasteiger partial charge is 0.382 e. The van der Waals surface area contributed by atoms with Gasteiger partial charge in [0, 0.05) is 17.2 Å². The van der Waals surface area contributed by atoms with Crippen molar-refractivity contribution in [2.45, 2.75) is 19.9 Å². The highest BCUT2D eigenvalue weighted by Gasteiger charge is 2.18. The molecule has 0 aliphatic heterocycles. The molecule has 0 saturated heterocycles. The fraction of sp³-hybridized carbons (Fsp3) is 0.130. The van der Waals surface area contributed by atoms with Crippen LogP contribution in [0.4, 0.5) is 5.82 Å². The van der Waals surface area contributed by atoms with Crippen molar-refractivity contribution in [2.24, 2.45) is 0 Å². The summed E-state index contributed by atoms with van der Waals surface area (Å²) in [6, 6.07) is 22.5. The van der Waals surface area contributed by atoms with Crippen LogP contribution in [0.25, 0.3) is 33.9 Å². The maximum absolute atomic E-state index is 12.2. The third kappa shape index (κ3) is 3.65. The molecule has 6 heteroatoms. The van der Waals surface area contributed by atoms with Crippen molar-refractivity contribution in [3.8, 4) is 33.9 Å². The first-order chi connectivity index (χ1) is 14.0. The highest BCUT2D eigenvalue weighted by Crippen LogP contribution is 2.33. The second-order valence-electron chi connectivity index (χ2n) is 6.98. The smallest absolute Gasteiger partial charge is 0.267 e. The van der Waals surface area contributed by atoms with Crippen LogP contribution in [-0.2, 0) is 0 Å². The van der Waals surface area contributed by atoms with Crippen LogP contribution >= 0.6 is 0 Å². The highest BCUT2D eigenvalue weighted by molar-refractivity contribution is 5.82. The fourth-order valence-electron chi connectivity index (χ4n) is 3.15. The first-order valence-electron chi connectivity index (χ1n) is 9.43. The van der Waals surface area contributed by atoms with E-state index in [9.17, 15) is 4.79 Å². The highest BCUT2D eigenvalue weighted by atomic mass is 16.1. The number of hydrogen-bond acceptors (Lipinski definition) is 5. The number of rotatable bonds is 4. The Balaban J connectivity index is 2.00. The summed E-state index contributed by atoms with van der Waals surface area (Å²) in [4.78, 5) is 21.7. The first kappa shape index (κ1) is 18.6. The molecule has 0 bridgehead atoms. The zero-order valence-electron chi connectivity index (χ0n) is 16.3. The molecule has 0 unspecified atom stereocenters. The van der Waals surface area contributed by atoms with Crippen molar-refractivity contribution in [2.75, 3.05) is 5.73 Å². The molecule has 2 N–H and O–H groups in total. The van der Waals surface area contributed by atoms with Crippen LogP contribution < -0.4 is 11.3 Å². The van der Waals surface area contributed by atoms with Crippen molar-refractivity contribution in [1.29, 1.82) is 0 Å². The van der Waals surface area contributed by atoms with Crippen molar-refractivity contribution in [1.82, 2.24) is 19.7 Å². The van der Waals surface area contributed by atoms with Crippen LogP contribution in [0.3, 0.4) is 0 Å². The Morgan fingerprint density at radius 3 is 1.93 bits per heavy atom. The summed E-state index contributed by atoms with van der Waals surface area (Å²) < 4.78 is 1.45. The van der Waals surface area contributed by atoms with Gasteiger partial charge in [-0.05, 0) is 19.9 Å². The lowest BCUT2D eigenvalue weighted by atomic mass is 10.1. The van der Waals surface area contributed by atoms with Gasteiger partial charge in [0.15, 0.2) is 5.82 Å². The van der Waals surface area contributed by atoms with Gasteiger partial charge in [-0.15, -0.1) is 0 Å². The molecule has 0 fully saturated rings. The lowest BCUT2D eigenvalue weighted by Crippen LogP contribution is -2.24. The average Bonchev–Trinajstić information content (AvgIpc) is 2.75. The number of aromatic nitrogens is 4. The van der Waals surface area contributed by atoms with Crippen LogP contribution in [0.15, 0.2) is 77.6 Å². The van der Waals surface area contributed by atoms with Gasteiger partial charge in [0.1, 0.15) is 22.8 Å². The first-order valence-corrected chi connectivity index (χ1v) is 9.43. The Morgan fingerprint density at radius 1 is 0.759 bits per heavy atom. The van der Waals surface area contributed by atoms with Crippen molar-refractivity contribution >= 4 is 5.82 Å². The molecule has 2 aromatic heterocycles. The molecule has 4 aromatic rings. The number of nitrogens with two attached hydrogens (primary N) is 1. The third-order valence-corrected chi connectivity index (χ3v) is 4.57. The number of nitrogens with zero attached hydrogens (tertiary/aromatic N) is 4. The van der Waals surface area contributed by atoms with E-state index < -0.39 is 0 Å². The zero-order chi connectivity index (χ0) is 20.4. The lowest BCUT2D eigenvalue weighted by molar-refractivity contribution is 0.504. The van der Waals surface area contributed by atoms with E-state index in [1.165, 1.54) is 10.7 Å². The number of anilines is 1. The summed E-state index contributed by atoms with van der Waals surface area (Å²) in [6.45, 7) is 3.83. The number of benzene rings is 2. The minimum absolute atomic E-state index is 0.0713. The lowest BCUT2D eigenvalue weighted by Gasteiger charge is -2.14. The normalized spacial score (nSPS) is 11.0. The van der Waals surface area contributed by atoms with Crippen molar-refractivity contribution in [3.05, 3.63) is 83.2 Å². The van der Waals surface area contributed by atoms with Gasteiger partial charge in [0.25, 0.3) is 5.56 Å². The summed E-state index contributed by atoms with van der Waals surface area (Å²) in [7, 11) is 0. The van der Waals surface area contributed by atoms with E-state index in [1.54, 1.807) is 6.07 Å². The summed E-state index contributed by atoms with van der Waals surface area (Å²) >= 11 is 0. The second-order valence-corrected chi connectivity index (χ2v) is 6.98. The zero-order valence-corrected chi connectivity index (χ0v) is 16.3. The van der Waals surface area contributed by atoms with Crippen molar-refractivity contribution < 1.29 is 0 Å². The molecule has 144 valence electrons. The predicted octanol–water partition coefficient (Wildman–Crippen LogP) is 4.20. The van der Waals surface area contributed by atoms with Gasteiger partial charge in [-0.25, -0.2) is 14.6 Å². The molecule has 0 amide bonds. The van der Waals surface area contributed by atoms with Gasteiger partial charge >= 0.3 is 0 Å². The van der Waals surface area contributed by atoms with E-state index in [0.717, 1.165) is 11.1 Å². The maximum atomic E-state index is 12.2. The van der Waals surface area contributed by atoms with Crippen LogP contribution in [0.2, 0.25) is 0 Å². The molecular formula is C23H21N5O. The Bertz CT molecular complexity index is 1200. The van der Waals surface area contributed by atoms with Gasteiger partial charge in [-0.2, -0.15) is 5.10 Å². The van der Waals surface area contributed by atoms with Crippen LogP contribution in [0.5, 0.6) is 0 Å². The van der Waals surface area contributed by atoms with Crippen LogP contribution in [0.1, 0.15) is 19.9 Å². The minimum Gasteiger partial charge on any atom is -0.382 e. The fourth-order valence-corrected chi connectivity index (χ4v) is 3.15. The Hall–Kier alpha value is -3.80. The van der Waals surface area contributed by atoms with E-state index in [0.29, 0.717) is 28.6 Å². The van der Waals surface area contributed by atoms with Gasteiger partial charge in [0.05, 0.1) is 6.04 Å². The molecule has 2 heterocycles. The Morgan fingerprint density at radius 2 is 1.34 bits per heavy atom. The number of nitrogen functional groups attached to an aromatic ring is 1. The average molecular weight is 383 g/mol. The molecule has 6 nitrogen and oxygen atoms in total. The predicted molar refractivity (Wildman–Crippen MR) is 115 cm³/mol. The maximum Gasteiger partial charge on any atom is 0.267 e. The van der Waals surface area contributed by atoms with Crippen LogP contribution in [-0.4, -0.2) is 19.7 Å². The SMILES string of the molecule is CC(C)n1nc(-c2nc(-c3ccccc3)c(N)nc2-c2ccccc2)ccc1=O. The molecule has 0 spiro atoms. The summed E-state index contributed by atoms with van der Waals surface area (Å²) in [5.41, 5.74) is 10.3. The molecule has 0 saturated carbocycles. The Labute approximate surface area is 168 Å². The summed E-state index contributed by atoms with van der Waals surface area (Å²) in [5, 5.41) is 4.55. The molecular weight excluding hydrogens is 362 g/mol. The molecule has 0 radical (unpaired) electrons. The van der Waals surface area contributed by atoms with Gasteiger partial charge < -0.3 is 5.73 Å². The van der Waals surface area contributed by atoms with Gasteiger partial charge in [-0.1, -0.05) is 60.7 Å². The molecule has 2 aromatic carbocycles. The molecule has 0 aliphatic rings. The third-order valence-electron chi connectivity index (χ3n) is 4.57. The van der Waals surface area contributed by atoms with Gasteiger partial charge in [0.2, 0.25) is 0 Å². The van der Waals surface area contributed by atoms with Crippen LogP contribution in [0, 0.1) is 0 Å². The monoisotopic (exact) mass is 383 g/mol. The van der Waals surface area contributed by atoms with E-state index in [-0.39, 0.29) is 11.6 Å². The van der Waals surface area contributed by atoms with E-state index in [2.05, 4.69) is 10.1 Å². The quantitative estimate of drug-likeness (QED) is 0.571. The van der Waals surface area contributed by atoms with E-state index in [4.69, 9.17) is 10.7 Å². The summed E-state index contributed by atoms with van der Waals surface area (Å²) in [6.07, 6.45) is 0. The van der Waals surface area contributed by atoms with Crippen molar-refractivity contribution in [3.63, 3.8) is 0 Å². The Kier molecular flexibility index (Phi) is 4.91.